The molecule has 0 amide bonds. The van der Waals surface area contributed by atoms with Gasteiger partial charge in [-0.05, 0) is 59.0 Å². The van der Waals surface area contributed by atoms with Crippen LogP contribution in [0.15, 0.2) is 24.3 Å². The molecule has 8 heteroatoms. The van der Waals surface area contributed by atoms with Crippen molar-refractivity contribution in [1.82, 2.24) is 0 Å². The SMILES string of the molecule is C[N+](C)(C)CCOP(=O)(O)OI.Ic1ccc(C2CCCCCCCCCCCCCCCCC2)cc1. The van der Waals surface area contributed by atoms with Gasteiger partial charge in [0.25, 0.3) is 0 Å². The zero-order valence-electron chi connectivity index (χ0n) is 23.6. The Morgan fingerprint density at radius 2 is 1.16 bits per heavy atom. The zero-order chi connectivity index (χ0) is 27.4. The summed E-state index contributed by atoms with van der Waals surface area (Å²) < 4.78 is 21.6. The maximum atomic E-state index is 10.8. The monoisotopic (exact) mass is 764 g/mol. The van der Waals surface area contributed by atoms with Crippen LogP contribution in [0.1, 0.15) is 121 Å². The molecule has 1 fully saturated rings. The molecule has 0 aromatic heterocycles. The van der Waals surface area contributed by atoms with Gasteiger partial charge in [0.05, 0.1) is 21.1 Å². The van der Waals surface area contributed by atoms with Crippen molar-refractivity contribution in [2.45, 2.75) is 115 Å². The zero-order valence-corrected chi connectivity index (χ0v) is 28.9. The standard InChI is InChI=1S/C24H39I.C5H13INO4P/c25-24-20-18-23(19-21-24)22-16-14-12-10-8-6-4-2-1-3-5-7-9-11-13-15-17-22;1-7(2,3)4-5-10-12(8,9)11-6/h18-22H,1-17H2;4-5H2,1-3H3/p+1. The average molecular weight is 765 g/mol. The molecule has 1 aliphatic rings. The Balaban J connectivity index is 0.000000482. The Morgan fingerprint density at radius 3 is 1.51 bits per heavy atom. The van der Waals surface area contributed by atoms with Gasteiger partial charge in [0, 0.05) is 3.57 Å². The predicted molar refractivity (Wildman–Crippen MR) is 174 cm³/mol. The maximum Gasteiger partial charge on any atom is 0.481 e. The van der Waals surface area contributed by atoms with Crippen LogP contribution in [0.3, 0.4) is 0 Å². The highest BCUT2D eigenvalue weighted by Gasteiger charge is 2.21. The Kier molecular flexibility index (Phi) is 20.8. The highest BCUT2D eigenvalue weighted by molar-refractivity contribution is 14.1. The first-order chi connectivity index (χ1) is 17.6. The molecule has 2 rings (SSSR count). The molecular formula is C29H53I2NO4P+. The highest BCUT2D eigenvalue weighted by Crippen LogP contribution is 2.45. The predicted octanol–water partition coefficient (Wildman–Crippen LogP) is 10.2. The number of benzene rings is 1. The lowest BCUT2D eigenvalue weighted by molar-refractivity contribution is -0.870. The number of nitrogens with zero attached hydrogens (tertiary/aromatic N) is 1. The van der Waals surface area contributed by atoms with Gasteiger partial charge in [0.2, 0.25) is 0 Å². The van der Waals surface area contributed by atoms with Gasteiger partial charge >= 0.3 is 7.82 Å². The molecule has 1 unspecified atom stereocenters. The third-order valence-electron chi connectivity index (χ3n) is 7.05. The minimum atomic E-state index is -3.78. The summed E-state index contributed by atoms with van der Waals surface area (Å²) in [5.41, 5.74) is 1.59. The summed E-state index contributed by atoms with van der Waals surface area (Å²) in [6.45, 7) is 0.866. The van der Waals surface area contributed by atoms with Crippen molar-refractivity contribution >= 4 is 53.4 Å². The van der Waals surface area contributed by atoms with Crippen molar-refractivity contribution in [2.75, 3.05) is 34.3 Å². The molecule has 1 N–H and O–H groups in total. The van der Waals surface area contributed by atoms with E-state index in [2.05, 4.69) is 54.2 Å². The fourth-order valence-corrected chi connectivity index (χ4v) is 5.80. The molecule has 0 heterocycles. The van der Waals surface area contributed by atoms with E-state index in [0.717, 1.165) is 5.92 Å². The lowest BCUT2D eigenvalue weighted by atomic mass is 9.88. The minimum absolute atomic E-state index is 0.209. The molecule has 1 aromatic rings. The van der Waals surface area contributed by atoms with Gasteiger partial charge in [-0.15, -0.1) is 0 Å². The lowest BCUT2D eigenvalue weighted by Crippen LogP contribution is -2.37. The van der Waals surface area contributed by atoms with Gasteiger partial charge in [-0.2, -0.15) is 0 Å². The second kappa shape index (κ2) is 21.5. The first kappa shape index (κ1) is 35.8. The van der Waals surface area contributed by atoms with E-state index in [0.29, 0.717) is 11.0 Å². The van der Waals surface area contributed by atoms with E-state index in [-0.39, 0.29) is 6.61 Å². The van der Waals surface area contributed by atoms with Crippen LogP contribution in [-0.2, 0) is 11.9 Å². The Bertz CT molecular complexity index is 710. The quantitative estimate of drug-likeness (QED) is 0.178. The summed E-state index contributed by atoms with van der Waals surface area (Å²) >= 11 is 3.77. The van der Waals surface area contributed by atoms with Gasteiger partial charge in [-0.3, -0.25) is 4.52 Å². The number of phosphoric acid groups is 1. The first-order valence-corrected chi connectivity index (χ1v) is 17.9. The number of rotatable bonds is 6. The Morgan fingerprint density at radius 1 is 0.784 bits per heavy atom. The third-order valence-corrected chi connectivity index (χ3v) is 9.95. The van der Waals surface area contributed by atoms with Crippen LogP contribution in [-0.4, -0.2) is 43.7 Å². The molecule has 0 saturated heterocycles. The van der Waals surface area contributed by atoms with Gasteiger partial charge in [-0.25, -0.2) is 7.42 Å². The molecular weight excluding hydrogens is 711 g/mol. The first-order valence-electron chi connectivity index (χ1n) is 14.5. The van der Waals surface area contributed by atoms with Crippen LogP contribution in [0.5, 0.6) is 0 Å². The van der Waals surface area contributed by atoms with Crippen LogP contribution in [0, 0.1) is 3.57 Å². The van der Waals surface area contributed by atoms with Crippen molar-refractivity contribution in [2.24, 2.45) is 0 Å². The minimum Gasteiger partial charge on any atom is -0.329 e. The van der Waals surface area contributed by atoms with Gasteiger partial charge in [0.1, 0.15) is 36.2 Å². The van der Waals surface area contributed by atoms with E-state index in [9.17, 15) is 4.57 Å². The molecule has 1 aliphatic carbocycles. The molecule has 0 spiro atoms. The normalized spacial score (nSPS) is 20.1. The summed E-state index contributed by atoms with van der Waals surface area (Å²) in [6, 6.07) is 9.36. The summed E-state index contributed by atoms with van der Waals surface area (Å²) in [6.07, 6.45) is 24.7. The van der Waals surface area contributed by atoms with E-state index in [1.807, 2.05) is 21.1 Å². The Hall–Kier alpha value is 0.750. The maximum absolute atomic E-state index is 10.8. The number of halogens is 2. The summed E-state index contributed by atoms with van der Waals surface area (Å²) in [5, 5.41) is 0. The fraction of sp³-hybridized carbons (Fsp3) is 0.793. The van der Waals surface area contributed by atoms with E-state index < -0.39 is 7.82 Å². The van der Waals surface area contributed by atoms with Crippen molar-refractivity contribution in [1.29, 1.82) is 0 Å². The molecule has 37 heavy (non-hydrogen) atoms. The van der Waals surface area contributed by atoms with Crippen molar-refractivity contribution in [3.63, 3.8) is 0 Å². The average Bonchev–Trinajstić information content (AvgIpc) is 2.84. The number of phosphoric ester groups is 1. The van der Waals surface area contributed by atoms with Crippen LogP contribution >= 0.6 is 53.4 Å². The number of hydrogen-bond donors (Lipinski definition) is 1. The van der Waals surface area contributed by atoms with Crippen molar-refractivity contribution in [3.8, 4) is 0 Å². The molecule has 1 aromatic carbocycles. The topological polar surface area (TPSA) is 55.8 Å². The van der Waals surface area contributed by atoms with E-state index in [4.69, 9.17) is 4.89 Å². The van der Waals surface area contributed by atoms with Crippen molar-refractivity contribution < 1.29 is 21.3 Å². The number of likely N-dealkylation sites (N-methyl/N-ethyl adjacent to an activating group) is 1. The second-order valence-electron chi connectivity index (χ2n) is 11.5. The molecule has 1 saturated carbocycles. The number of quaternary nitrogens is 1. The summed E-state index contributed by atoms with van der Waals surface area (Å²) in [5.74, 6) is 0.802. The molecule has 0 aliphatic heterocycles. The van der Waals surface area contributed by atoms with Gasteiger partial charge in [0.15, 0.2) is 0 Å². The molecule has 5 nitrogen and oxygen atoms in total. The fourth-order valence-electron chi connectivity index (χ4n) is 4.74. The summed E-state index contributed by atoms with van der Waals surface area (Å²) in [4.78, 5) is 8.82. The molecule has 216 valence electrons. The smallest absolute Gasteiger partial charge is 0.329 e. The lowest BCUT2D eigenvalue weighted by Gasteiger charge is -2.23. The van der Waals surface area contributed by atoms with E-state index in [1.54, 1.807) is 5.56 Å². The van der Waals surface area contributed by atoms with Crippen LogP contribution in [0.2, 0.25) is 0 Å². The highest BCUT2D eigenvalue weighted by atomic mass is 127. The third kappa shape index (κ3) is 21.2. The molecule has 0 radical (unpaired) electrons. The van der Waals surface area contributed by atoms with Crippen LogP contribution < -0.4 is 0 Å². The Labute approximate surface area is 255 Å². The van der Waals surface area contributed by atoms with Crippen LogP contribution in [0.4, 0.5) is 0 Å². The molecule has 0 bridgehead atoms. The molecule has 1 atom stereocenters. The summed E-state index contributed by atoms with van der Waals surface area (Å²) in [7, 11) is 2.12. The van der Waals surface area contributed by atoms with Crippen LogP contribution in [0.25, 0.3) is 0 Å². The largest absolute Gasteiger partial charge is 0.481 e. The van der Waals surface area contributed by atoms with Gasteiger partial charge < -0.3 is 9.38 Å². The van der Waals surface area contributed by atoms with Gasteiger partial charge in [-0.1, -0.05) is 108 Å². The van der Waals surface area contributed by atoms with E-state index in [1.165, 1.54) is 136 Å². The van der Waals surface area contributed by atoms with Crippen molar-refractivity contribution in [3.05, 3.63) is 33.4 Å². The van der Waals surface area contributed by atoms with E-state index >= 15 is 0 Å². The number of hydrogen-bond acceptors (Lipinski definition) is 3. The second-order valence-corrected chi connectivity index (χ2v) is 15.3.